The predicted molar refractivity (Wildman–Crippen MR) is 175 cm³/mol. The van der Waals surface area contributed by atoms with Gasteiger partial charge in [0.25, 0.3) is 5.91 Å². The van der Waals surface area contributed by atoms with Crippen molar-refractivity contribution in [3.8, 4) is 0 Å². The molecule has 8 nitrogen and oxygen atoms in total. The van der Waals surface area contributed by atoms with Crippen molar-refractivity contribution in [1.82, 2.24) is 4.90 Å². The molecule has 0 aromatic heterocycles. The van der Waals surface area contributed by atoms with Crippen molar-refractivity contribution in [2.75, 3.05) is 23.0 Å². The van der Waals surface area contributed by atoms with E-state index in [1.54, 1.807) is 27.8 Å². The summed E-state index contributed by atoms with van der Waals surface area (Å²) >= 11 is 0. The van der Waals surface area contributed by atoms with E-state index < -0.39 is 31.6 Å². The molecule has 4 heterocycles. The minimum absolute atomic E-state index is 0.0676. The van der Waals surface area contributed by atoms with Gasteiger partial charge in [-0.3, -0.25) is 14.4 Å². The van der Waals surface area contributed by atoms with E-state index in [-0.39, 0.29) is 43.3 Å². The van der Waals surface area contributed by atoms with Crippen LogP contribution in [0.3, 0.4) is 0 Å². The summed E-state index contributed by atoms with van der Waals surface area (Å²) in [4.78, 5) is 45.7. The van der Waals surface area contributed by atoms with E-state index in [2.05, 4.69) is 0 Å². The maximum absolute atomic E-state index is 16.3. The average Bonchev–Trinajstić information content (AvgIpc) is 3.46. The van der Waals surface area contributed by atoms with Crippen LogP contribution in [0.5, 0.6) is 0 Å². The van der Waals surface area contributed by atoms with Crippen LogP contribution in [0.1, 0.15) is 42.0 Å². The minimum atomic E-state index is -3.46. The van der Waals surface area contributed by atoms with Gasteiger partial charge in [-0.2, -0.15) is 0 Å². The second kappa shape index (κ2) is 11.4. The Morgan fingerprint density at radius 3 is 2.37 bits per heavy atom. The van der Waals surface area contributed by atoms with Crippen molar-refractivity contribution in [1.29, 1.82) is 0 Å². The summed E-state index contributed by atoms with van der Waals surface area (Å²) in [6.07, 6.45) is 0.243. The summed E-state index contributed by atoms with van der Waals surface area (Å²) in [7, 11) is -3.46. The number of hydrogen-bond acceptors (Lipinski definition) is 5. The van der Waals surface area contributed by atoms with Crippen molar-refractivity contribution in [2.45, 2.75) is 75.7 Å². The first-order chi connectivity index (χ1) is 22.0. The fourth-order valence-corrected chi connectivity index (χ4v) is 10.7. The van der Waals surface area contributed by atoms with Gasteiger partial charge < -0.3 is 28.7 Å². The molecule has 1 spiro atoms. The SMILES string of the molecule is C[C@H]1[C@H]([Si](C)(C)F)[C@@H](CC(=O)N2Cc3ccccc3C[C@H]2CO)O[C@]12C(=O)N(Cc1ccc(N3CCC3=O)cc1)c1ccccc12. The number of amides is 3. The van der Waals surface area contributed by atoms with E-state index in [1.165, 1.54) is 0 Å². The van der Waals surface area contributed by atoms with Crippen LogP contribution in [0, 0.1) is 5.92 Å². The molecule has 5 atom stereocenters. The Morgan fingerprint density at radius 1 is 1.02 bits per heavy atom. The fourth-order valence-electron chi connectivity index (χ4n) is 8.24. The highest BCUT2D eigenvalue weighted by Crippen LogP contribution is 2.60. The Morgan fingerprint density at radius 2 is 1.72 bits per heavy atom. The van der Waals surface area contributed by atoms with Crippen LogP contribution in [0.25, 0.3) is 0 Å². The maximum Gasteiger partial charge on any atom is 0.264 e. The van der Waals surface area contributed by atoms with Gasteiger partial charge in [-0.05, 0) is 54.4 Å². The number of β-lactam (4-membered cyclic amide) rings is 1. The van der Waals surface area contributed by atoms with Crippen LogP contribution in [0.15, 0.2) is 72.8 Å². The van der Waals surface area contributed by atoms with E-state index >= 15 is 4.11 Å². The number of anilines is 2. The Labute approximate surface area is 269 Å². The van der Waals surface area contributed by atoms with E-state index in [0.29, 0.717) is 31.5 Å². The zero-order valence-electron chi connectivity index (χ0n) is 26.5. The molecular weight excluding hydrogens is 601 g/mol. The third-order valence-corrected chi connectivity index (χ3v) is 13.0. The van der Waals surface area contributed by atoms with Crippen LogP contribution in [-0.2, 0) is 44.2 Å². The van der Waals surface area contributed by atoms with Crippen molar-refractivity contribution in [3.05, 3.63) is 95.1 Å². The summed E-state index contributed by atoms with van der Waals surface area (Å²) in [6.45, 7) is 6.36. The molecule has 4 aliphatic rings. The number of aliphatic hydroxyl groups is 1. The number of nitrogens with zero attached hydrogens (tertiary/aromatic N) is 3. The Kier molecular flexibility index (Phi) is 7.65. The molecule has 240 valence electrons. The molecule has 3 amide bonds. The van der Waals surface area contributed by atoms with Crippen molar-refractivity contribution >= 4 is 37.5 Å². The van der Waals surface area contributed by atoms with Crippen LogP contribution in [0.4, 0.5) is 15.5 Å². The van der Waals surface area contributed by atoms with Crippen molar-refractivity contribution in [3.63, 3.8) is 0 Å². The van der Waals surface area contributed by atoms with E-state index in [0.717, 1.165) is 28.1 Å². The molecule has 2 fully saturated rings. The first-order valence-corrected chi connectivity index (χ1v) is 19.1. The predicted octanol–water partition coefficient (Wildman–Crippen LogP) is 5.08. The molecule has 2 saturated heterocycles. The Hall–Kier alpha value is -3.86. The van der Waals surface area contributed by atoms with Gasteiger partial charge in [0.1, 0.15) is 0 Å². The summed E-state index contributed by atoms with van der Waals surface area (Å²) in [5.41, 5.74) is 3.28. The molecule has 0 saturated carbocycles. The van der Waals surface area contributed by atoms with Gasteiger partial charge in [-0.15, -0.1) is 0 Å². The minimum Gasteiger partial charge on any atom is -0.394 e. The second-order valence-corrected chi connectivity index (χ2v) is 17.5. The van der Waals surface area contributed by atoms with E-state index in [9.17, 15) is 19.5 Å². The standard InChI is InChI=1S/C36H40FN3O5Si/c1-23-34(46(2,3)37)31(19-33(43)39-21-26-9-5-4-8-25(26)18-28(39)22-41)45-36(23)29-10-6-7-11-30(29)40(35(36)44)20-24-12-14-27(15-13-24)38-17-16-32(38)42/h4-15,23,28,31,34,41H,16-22H2,1-3H3/t23-,28-,31+,34-,36+/m0/s1. The molecule has 1 N–H and O–H groups in total. The number of carbonyl (C=O) groups is 3. The molecular formula is C36H40FN3O5Si. The molecule has 0 aliphatic carbocycles. The number of benzene rings is 3. The monoisotopic (exact) mass is 641 g/mol. The number of carbonyl (C=O) groups excluding carboxylic acids is 3. The zero-order valence-corrected chi connectivity index (χ0v) is 27.5. The molecule has 7 rings (SSSR count). The number of aliphatic hydroxyl groups excluding tert-OH is 1. The van der Waals surface area contributed by atoms with Gasteiger partial charge in [0.05, 0.1) is 37.4 Å². The van der Waals surface area contributed by atoms with Crippen molar-refractivity contribution < 1.29 is 28.3 Å². The third-order valence-electron chi connectivity index (χ3n) is 10.6. The highest BCUT2D eigenvalue weighted by molar-refractivity contribution is 6.72. The number of rotatable bonds is 7. The second-order valence-electron chi connectivity index (χ2n) is 13.7. The normalized spacial score (nSPS) is 27.2. The largest absolute Gasteiger partial charge is 0.394 e. The highest BCUT2D eigenvalue weighted by atomic mass is 28.4. The Balaban J connectivity index is 1.18. The van der Waals surface area contributed by atoms with Crippen LogP contribution < -0.4 is 9.80 Å². The van der Waals surface area contributed by atoms with Crippen LogP contribution in [0.2, 0.25) is 18.6 Å². The molecule has 0 radical (unpaired) electrons. The topological polar surface area (TPSA) is 90.4 Å². The molecule has 10 heteroatoms. The smallest absolute Gasteiger partial charge is 0.264 e. The number of fused-ring (bicyclic) bond motifs is 3. The molecule has 3 aromatic rings. The number of halogens is 1. The summed E-state index contributed by atoms with van der Waals surface area (Å²) in [6, 6.07) is 22.7. The van der Waals surface area contributed by atoms with E-state index in [1.807, 2.05) is 79.7 Å². The lowest BCUT2D eigenvalue weighted by atomic mass is 9.82. The third kappa shape index (κ3) is 4.89. The molecule has 0 bridgehead atoms. The Bertz CT molecular complexity index is 1690. The lowest BCUT2D eigenvalue weighted by Gasteiger charge is -2.37. The first kappa shape index (κ1) is 30.8. The van der Waals surface area contributed by atoms with Gasteiger partial charge >= 0.3 is 0 Å². The molecule has 4 aliphatic heterocycles. The molecule has 0 unspecified atom stereocenters. The van der Waals surface area contributed by atoms with Gasteiger partial charge in [-0.1, -0.05) is 61.5 Å². The summed E-state index contributed by atoms with van der Waals surface area (Å²) in [5, 5.41) is 10.2. The van der Waals surface area contributed by atoms with Gasteiger partial charge in [0.2, 0.25) is 20.2 Å². The lowest BCUT2D eigenvalue weighted by Crippen LogP contribution is -2.48. The molecule has 46 heavy (non-hydrogen) atoms. The van der Waals surface area contributed by atoms with Gasteiger partial charge in [0.15, 0.2) is 5.60 Å². The van der Waals surface area contributed by atoms with E-state index in [4.69, 9.17) is 4.74 Å². The van der Waals surface area contributed by atoms with Crippen LogP contribution in [-0.4, -0.2) is 61.4 Å². The van der Waals surface area contributed by atoms with Crippen LogP contribution >= 0.6 is 0 Å². The van der Waals surface area contributed by atoms with Gasteiger partial charge in [0, 0.05) is 42.2 Å². The quantitative estimate of drug-likeness (QED) is 0.221. The maximum atomic E-state index is 16.3. The molecule has 3 aromatic carbocycles. The number of para-hydroxylation sites is 1. The number of hydrogen-bond donors (Lipinski definition) is 1. The van der Waals surface area contributed by atoms with Crippen molar-refractivity contribution in [2.24, 2.45) is 5.92 Å². The van der Waals surface area contributed by atoms with Gasteiger partial charge in [-0.25, -0.2) is 0 Å². The fraction of sp³-hybridized carbons (Fsp3) is 0.417. The average molecular weight is 642 g/mol. The first-order valence-electron chi connectivity index (χ1n) is 16.2. The highest BCUT2D eigenvalue weighted by Gasteiger charge is 2.67. The lowest BCUT2D eigenvalue weighted by molar-refractivity contribution is -0.151. The zero-order chi connectivity index (χ0) is 32.4. The number of ether oxygens (including phenoxy) is 1. The summed E-state index contributed by atoms with van der Waals surface area (Å²) in [5.74, 6) is -0.861. The summed E-state index contributed by atoms with van der Waals surface area (Å²) < 4.78 is 23.1.